The first-order valence-electron chi connectivity index (χ1n) is 20.3. The predicted molar refractivity (Wildman–Crippen MR) is 228 cm³/mol. The average Bonchev–Trinajstić information content (AvgIpc) is 3.99. The number of pyridine rings is 2. The molecule has 4 aliphatic rings. The number of aryl methyl sites for hydroxylation is 5. The van der Waals surface area contributed by atoms with Crippen molar-refractivity contribution in [2.24, 2.45) is 30.2 Å². The Kier molecular flexibility index (Phi) is 10.5. The smallest absolute Gasteiger partial charge is 0.364 e. The molecular formula is C42H53N9O7S2. The van der Waals surface area contributed by atoms with Gasteiger partial charge in [0.2, 0.25) is 5.09 Å². The highest BCUT2D eigenvalue weighted by molar-refractivity contribution is 7.99. The monoisotopic (exact) mass is 859 g/mol. The number of nitrogens with zero attached hydrogens (tertiary/aromatic N) is 5. The van der Waals surface area contributed by atoms with Crippen LogP contribution in [0.2, 0.25) is 0 Å². The van der Waals surface area contributed by atoms with Crippen molar-refractivity contribution >= 4 is 43.7 Å². The first kappa shape index (κ1) is 42.0. The van der Waals surface area contributed by atoms with Crippen LogP contribution >= 0.6 is 0 Å². The molecule has 0 aliphatic heterocycles. The summed E-state index contributed by atoms with van der Waals surface area (Å²) >= 11 is 0. The van der Waals surface area contributed by atoms with Crippen LogP contribution in [0.3, 0.4) is 0 Å². The molecule has 8 N–H and O–H groups in total. The summed E-state index contributed by atoms with van der Waals surface area (Å²) in [6.07, 6.45) is 7.97. The Bertz CT molecular complexity index is 2690. The SMILES string of the molecule is Cc1nc(C(C)(C)O)ccc1[SH](N)(=O)/N=N/C(=O)Nc1c2c(cc3c1CC(C1CCc4nc5c(c(NC(=O)N=S(N)(=O)c6cc(C(C)(C)O)c(C)o6)c41)CCC5)C3)CCC2. The van der Waals surface area contributed by atoms with Crippen LogP contribution in [-0.4, -0.2) is 40.7 Å². The molecule has 0 fully saturated rings. The number of benzene rings is 1. The molecule has 8 rings (SSSR count). The van der Waals surface area contributed by atoms with Crippen LogP contribution in [0.4, 0.5) is 21.0 Å². The number of carbonyl (C=O) groups is 2. The molecule has 0 bridgehead atoms. The number of hydrogen-bond acceptors (Lipinski definition) is 9. The molecule has 4 aromatic rings. The highest BCUT2D eigenvalue weighted by atomic mass is 32.3. The first-order valence-corrected chi connectivity index (χ1v) is 23.7. The van der Waals surface area contributed by atoms with Gasteiger partial charge >= 0.3 is 12.1 Å². The number of fused-ring (bicyclic) bond motifs is 4. The van der Waals surface area contributed by atoms with Gasteiger partial charge in [-0.25, -0.2) is 23.1 Å². The Hall–Kier alpha value is -4.72. The summed E-state index contributed by atoms with van der Waals surface area (Å²) in [4.78, 5) is 36.7. The maximum absolute atomic E-state index is 13.7. The molecule has 60 heavy (non-hydrogen) atoms. The third-order valence-corrected chi connectivity index (χ3v) is 15.1. The lowest BCUT2D eigenvalue weighted by Gasteiger charge is -2.23. The van der Waals surface area contributed by atoms with E-state index < -0.39 is 43.5 Å². The number of aliphatic hydroxyl groups is 2. The van der Waals surface area contributed by atoms with Gasteiger partial charge in [-0.15, -0.1) is 4.36 Å². The molecule has 3 unspecified atom stereocenters. The van der Waals surface area contributed by atoms with Gasteiger partial charge in [0.15, 0.2) is 9.92 Å². The fraction of sp³-hybridized carbons (Fsp3) is 0.476. The van der Waals surface area contributed by atoms with Crippen LogP contribution in [0.1, 0.15) is 120 Å². The van der Waals surface area contributed by atoms with E-state index in [0.717, 1.165) is 97.0 Å². The molecular weight excluding hydrogens is 807 g/mol. The highest BCUT2D eigenvalue weighted by Gasteiger charge is 2.40. The van der Waals surface area contributed by atoms with Gasteiger partial charge in [0.25, 0.3) is 0 Å². The minimum absolute atomic E-state index is 0.0197. The number of hydrogen-bond donors (Lipinski definition) is 7. The number of thiol groups is 1. The summed E-state index contributed by atoms with van der Waals surface area (Å²) in [6.45, 7) is 9.55. The van der Waals surface area contributed by atoms with Crippen LogP contribution in [0.15, 0.2) is 52.7 Å². The molecule has 1 aromatic carbocycles. The van der Waals surface area contributed by atoms with E-state index in [1.807, 2.05) is 0 Å². The summed E-state index contributed by atoms with van der Waals surface area (Å²) in [5.74, 6) is 0.465. The zero-order valence-electron chi connectivity index (χ0n) is 34.7. The Morgan fingerprint density at radius 1 is 0.883 bits per heavy atom. The molecule has 4 aliphatic carbocycles. The van der Waals surface area contributed by atoms with Gasteiger partial charge in [-0.1, -0.05) is 15.7 Å². The number of urea groups is 2. The topological polar surface area (TPSA) is 261 Å². The highest BCUT2D eigenvalue weighted by Crippen LogP contribution is 2.51. The lowest BCUT2D eigenvalue weighted by Crippen LogP contribution is -2.24. The van der Waals surface area contributed by atoms with Gasteiger partial charge in [0, 0.05) is 34.3 Å². The summed E-state index contributed by atoms with van der Waals surface area (Å²) in [7, 11) is -7.79. The molecule has 3 heterocycles. The maximum atomic E-state index is 13.7. The van der Waals surface area contributed by atoms with Gasteiger partial charge in [0.05, 0.1) is 37.9 Å². The van der Waals surface area contributed by atoms with Crippen molar-refractivity contribution < 1.29 is 32.6 Å². The number of nitrogens with one attached hydrogen (secondary N) is 2. The van der Waals surface area contributed by atoms with Crippen molar-refractivity contribution in [2.75, 3.05) is 10.6 Å². The first-order chi connectivity index (χ1) is 28.1. The molecule has 0 saturated carbocycles. The zero-order valence-corrected chi connectivity index (χ0v) is 36.4. The Morgan fingerprint density at radius 2 is 1.60 bits per heavy atom. The molecule has 3 aromatic heterocycles. The summed E-state index contributed by atoms with van der Waals surface area (Å²) < 4.78 is 40.6. The number of amides is 4. The number of furan rings is 1. The van der Waals surface area contributed by atoms with E-state index in [9.17, 15) is 28.2 Å². The second-order valence-electron chi connectivity index (χ2n) is 17.6. The van der Waals surface area contributed by atoms with Crippen molar-refractivity contribution in [3.05, 3.63) is 91.7 Å². The fourth-order valence-electron chi connectivity index (χ4n) is 9.64. The van der Waals surface area contributed by atoms with Crippen molar-refractivity contribution in [2.45, 2.75) is 133 Å². The molecule has 320 valence electrons. The van der Waals surface area contributed by atoms with Gasteiger partial charge in [0.1, 0.15) is 11.4 Å². The third kappa shape index (κ3) is 7.84. The van der Waals surface area contributed by atoms with E-state index in [1.54, 1.807) is 41.5 Å². The van der Waals surface area contributed by atoms with Crippen LogP contribution in [-0.2, 0) is 76.4 Å². The van der Waals surface area contributed by atoms with Crippen LogP contribution in [0.5, 0.6) is 0 Å². The van der Waals surface area contributed by atoms with Gasteiger partial charge in [-0.3, -0.25) is 15.1 Å². The Balaban J connectivity index is 1.06. The minimum Gasteiger partial charge on any atom is -0.450 e. The molecule has 16 nitrogen and oxygen atoms in total. The van der Waals surface area contributed by atoms with Crippen molar-refractivity contribution in [3.8, 4) is 0 Å². The fourth-order valence-corrected chi connectivity index (χ4v) is 11.7. The van der Waals surface area contributed by atoms with Crippen molar-refractivity contribution in [1.82, 2.24) is 9.97 Å². The zero-order chi connectivity index (χ0) is 43.1. The summed E-state index contributed by atoms with van der Waals surface area (Å²) in [5, 5.41) is 42.7. The number of carbonyl (C=O) groups excluding carboxylic acids is 2. The van der Waals surface area contributed by atoms with Crippen LogP contribution < -0.4 is 20.9 Å². The second kappa shape index (κ2) is 15.0. The van der Waals surface area contributed by atoms with Crippen LogP contribution in [0, 0.1) is 19.8 Å². The quantitative estimate of drug-likeness (QED) is 0.0769. The van der Waals surface area contributed by atoms with Gasteiger partial charge < -0.3 is 25.3 Å². The largest absolute Gasteiger partial charge is 0.450 e. The molecule has 18 heteroatoms. The van der Waals surface area contributed by atoms with Gasteiger partial charge in [-0.2, -0.15) is 0 Å². The molecule has 0 saturated heterocycles. The van der Waals surface area contributed by atoms with Crippen molar-refractivity contribution in [1.29, 1.82) is 0 Å². The number of rotatable bonds is 8. The van der Waals surface area contributed by atoms with E-state index in [0.29, 0.717) is 40.5 Å². The van der Waals surface area contributed by atoms with E-state index in [2.05, 4.69) is 35.7 Å². The van der Waals surface area contributed by atoms with E-state index in [1.165, 1.54) is 23.8 Å². The molecule has 0 radical (unpaired) electrons. The number of anilines is 2. The molecule has 3 atom stereocenters. The standard InChI is InChI=1S/C42H53N9O7S2/c1-21-33(15-16-34(45-21)42(5,6)55)59(43,56)51-49-39(52)47-37-27-10-7-9-23(27)17-24-18-25(19-29(24)37)26-13-14-32-36(26)38(28-11-8-12-31(28)46-32)48-40(53)50-60(44,57)35-20-30(22(2)58-35)41(3,4)54/h15-17,20,25-26,54-55,59H,7-14,18-19H2,1-6H3,(H2,43,56)(H,47,52)(H3,44,46,48,50,53,57)/b51-49+. The second-order valence-corrected chi connectivity index (χ2v) is 21.2. The predicted octanol–water partition coefficient (Wildman–Crippen LogP) is 6.34. The van der Waals surface area contributed by atoms with E-state index >= 15 is 0 Å². The lowest BCUT2D eigenvalue weighted by atomic mass is 9.84. The lowest BCUT2D eigenvalue weighted by molar-refractivity contribution is 0.0734. The molecule has 0 spiro atoms. The number of aromatic nitrogens is 2. The maximum Gasteiger partial charge on any atom is 0.364 e. The van der Waals surface area contributed by atoms with E-state index in [4.69, 9.17) is 19.7 Å². The molecule has 4 amide bonds. The Morgan fingerprint density at radius 3 is 2.30 bits per heavy atom. The van der Waals surface area contributed by atoms with E-state index in [-0.39, 0.29) is 21.8 Å². The Labute approximate surface area is 350 Å². The third-order valence-electron chi connectivity index (χ3n) is 12.3. The summed E-state index contributed by atoms with van der Waals surface area (Å²) in [6, 6.07) is 5.01. The van der Waals surface area contributed by atoms with Gasteiger partial charge in [-0.05, 0) is 158 Å². The van der Waals surface area contributed by atoms with Crippen LogP contribution in [0.25, 0.3) is 0 Å². The minimum atomic E-state index is -3.98. The average molecular weight is 860 g/mol. The number of nitrogens with two attached hydrogens (primary N) is 2. The normalized spacial score (nSPS) is 19.8. The summed E-state index contributed by atoms with van der Waals surface area (Å²) in [5.41, 5.74) is 8.15. The van der Waals surface area contributed by atoms with Crippen molar-refractivity contribution in [3.63, 3.8) is 0 Å².